The van der Waals surface area contributed by atoms with Crippen molar-refractivity contribution >= 4 is 62.8 Å². The number of carboxylic acids is 2. The zero-order valence-corrected chi connectivity index (χ0v) is 40.7. The van der Waals surface area contributed by atoms with Crippen LogP contribution in [0.5, 0.6) is 0 Å². The second kappa shape index (κ2) is 19.1. The zero-order chi connectivity index (χ0) is 49.5. The lowest BCUT2D eigenvalue weighted by Gasteiger charge is -2.19. The van der Waals surface area contributed by atoms with Crippen molar-refractivity contribution in [3.05, 3.63) is 177 Å². The van der Waals surface area contributed by atoms with Gasteiger partial charge in [-0.2, -0.15) is 0 Å². The second-order valence-corrected chi connectivity index (χ2v) is 18.7. The number of aliphatic carboxylic acids is 2. The van der Waals surface area contributed by atoms with Gasteiger partial charge in [-0.1, -0.05) is 123 Å². The highest BCUT2D eigenvalue weighted by atomic mass is 16.4. The fraction of sp³-hybridized carbons (Fsp3) is 0.217. The lowest BCUT2D eigenvalue weighted by atomic mass is 9.84. The van der Waals surface area contributed by atoms with Crippen LogP contribution >= 0.6 is 0 Å². The summed E-state index contributed by atoms with van der Waals surface area (Å²) in [5.41, 5.74) is 18.5. The van der Waals surface area contributed by atoms with Crippen LogP contribution in [0.4, 0.5) is 5.69 Å². The van der Waals surface area contributed by atoms with E-state index in [1.54, 1.807) is 6.92 Å². The van der Waals surface area contributed by atoms with Gasteiger partial charge in [0.15, 0.2) is 0 Å². The van der Waals surface area contributed by atoms with Gasteiger partial charge in [0.2, 0.25) is 5.91 Å². The van der Waals surface area contributed by atoms with Gasteiger partial charge in [-0.05, 0) is 122 Å². The van der Waals surface area contributed by atoms with Crippen LogP contribution < -0.4 is 5.32 Å². The Labute approximate surface area is 407 Å². The summed E-state index contributed by atoms with van der Waals surface area (Å²) < 4.78 is 0. The minimum absolute atomic E-state index is 0.0653. The van der Waals surface area contributed by atoms with Crippen LogP contribution in [0.25, 0.3) is 72.7 Å². The maximum atomic E-state index is 14.5. The summed E-state index contributed by atoms with van der Waals surface area (Å²) in [6.45, 7) is 18.1. The molecule has 352 valence electrons. The number of aromatic nitrogens is 4. The molecule has 0 unspecified atom stereocenters. The van der Waals surface area contributed by atoms with Crippen molar-refractivity contribution in [2.45, 2.75) is 86.0 Å². The lowest BCUT2D eigenvalue weighted by Crippen LogP contribution is -2.16. The normalized spacial score (nSPS) is 14.4. The van der Waals surface area contributed by atoms with E-state index in [9.17, 15) is 24.6 Å². The van der Waals surface area contributed by atoms with E-state index in [-0.39, 0.29) is 41.5 Å². The summed E-state index contributed by atoms with van der Waals surface area (Å²) >= 11 is 0. The van der Waals surface area contributed by atoms with E-state index in [1.165, 1.54) is 5.56 Å². The highest BCUT2D eigenvalue weighted by Crippen LogP contribution is 2.44. The van der Waals surface area contributed by atoms with Gasteiger partial charge in [0, 0.05) is 68.4 Å². The quantitative estimate of drug-likeness (QED) is 0.0815. The molecule has 1 amide bonds. The minimum Gasteiger partial charge on any atom is -0.481 e. The van der Waals surface area contributed by atoms with E-state index >= 15 is 0 Å². The average molecular weight is 928 g/mol. The first-order chi connectivity index (χ1) is 33.6. The predicted octanol–water partition coefficient (Wildman–Crippen LogP) is 13.7. The molecule has 0 radical (unpaired) electrons. The van der Waals surface area contributed by atoms with Crippen LogP contribution in [0.2, 0.25) is 0 Å². The monoisotopic (exact) mass is 927 g/mol. The Morgan fingerprint density at radius 3 is 1.89 bits per heavy atom. The van der Waals surface area contributed by atoms with Crippen molar-refractivity contribution in [3.8, 4) is 33.4 Å². The molecule has 10 nitrogen and oxygen atoms in total. The number of anilines is 1. The third-order valence-electron chi connectivity index (χ3n) is 14.2. The van der Waals surface area contributed by atoms with Crippen LogP contribution in [0.1, 0.15) is 107 Å². The number of benzene rings is 4. The van der Waals surface area contributed by atoms with E-state index in [4.69, 9.17) is 9.97 Å². The molecule has 3 aromatic heterocycles. The number of carbonyl (C=O) groups excluding carboxylic acids is 1. The van der Waals surface area contributed by atoms with Gasteiger partial charge >= 0.3 is 11.9 Å². The first-order valence-electron chi connectivity index (χ1n) is 23.9. The summed E-state index contributed by atoms with van der Waals surface area (Å²) in [5, 5.41) is 24.6. The number of amides is 1. The highest BCUT2D eigenvalue weighted by molar-refractivity contribution is 6.24. The smallest absolute Gasteiger partial charge is 0.338 e. The maximum absolute atomic E-state index is 14.5. The summed E-state index contributed by atoms with van der Waals surface area (Å²) in [7, 11) is 0. The molecular formula is C60H57N5O5. The van der Waals surface area contributed by atoms with Crippen LogP contribution in [-0.4, -0.2) is 48.0 Å². The molecule has 0 fully saturated rings. The first kappa shape index (κ1) is 47.0. The van der Waals surface area contributed by atoms with Gasteiger partial charge in [-0.25, -0.2) is 9.78 Å². The van der Waals surface area contributed by atoms with Gasteiger partial charge < -0.3 is 25.5 Å². The van der Waals surface area contributed by atoms with Crippen LogP contribution in [-0.2, 0) is 27.2 Å². The van der Waals surface area contributed by atoms with Gasteiger partial charge in [-0.15, -0.1) is 0 Å². The van der Waals surface area contributed by atoms with Crippen molar-refractivity contribution < 1.29 is 24.6 Å². The standard InChI is InChI=1S/C60H57N5O5/c1-9-43-34(5)48-29-50-36(7)45(58(64-50)47(28-56(67)68)59-57(60(69)70)37(8)51(65-59)31-54-44(10-2)35(6)49(62-54)30-53(43)61-48)25-26-55(66)63-52-27-42(40-17-13-33(4)14-18-40)23-24-46(52)41-21-19-39(20-22-41)38-15-11-32(3)12-16-38/h9,11-24,27,29-31,36,45,61-62H,1,10,25-26,28H2,2-8H3,(H,63,66)(H,67,68)(H,69,70)/t36-,45-/m0/s1. The number of fused-ring (bicyclic) bond motifs is 8. The molecular weight excluding hydrogens is 871 g/mol. The molecule has 9 rings (SSSR count). The van der Waals surface area contributed by atoms with E-state index in [2.05, 4.69) is 134 Å². The van der Waals surface area contributed by atoms with E-state index in [0.717, 1.165) is 83.3 Å². The molecule has 0 spiro atoms. The fourth-order valence-electron chi connectivity index (χ4n) is 10.2. The average Bonchev–Trinajstić information content (AvgIpc) is 4.03. The number of aromatic amines is 2. The molecule has 0 aliphatic carbocycles. The lowest BCUT2D eigenvalue weighted by molar-refractivity contribution is -0.136. The molecule has 0 saturated heterocycles. The number of H-pyrrole nitrogens is 2. The van der Waals surface area contributed by atoms with E-state index in [1.807, 2.05) is 44.2 Å². The number of nitrogens with one attached hydrogen (secondary N) is 3. The van der Waals surface area contributed by atoms with Crippen molar-refractivity contribution in [2.75, 3.05) is 5.32 Å². The predicted molar refractivity (Wildman–Crippen MR) is 283 cm³/mol. The molecule has 8 bridgehead atoms. The largest absolute Gasteiger partial charge is 0.481 e. The Hall–Kier alpha value is -8.11. The number of rotatable bonds is 12. The number of nitrogens with zero attached hydrogens (tertiary/aromatic N) is 2. The minimum atomic E-state index is -1.22. The van der Waals surface area contributed by atoms with Gasteiger partial charge in [0.05, 0.1) is 29.1 Å². The van der Waals surface area contributed by atoms with Crippen LogP contribution in [0.15, 0.2) is 116 Å². The number of hydrogen-bond donors (Lipinski definition) is 5. The molecule has 5 N–H and O–H groups in total. The summed E-state index contributed by atoms with van der Waals surface area (Å²) in [5.74, 6) is -3.37. The molecule has 2 aliphatic heterocycles. The summed E-state index contributed by atoms with van der Waals surface area (Å²) in [4.78, 5) is 57.9. The second-order valence-electron chi connectivity index (χ2n) is 18.7. The number of carbonyl (C=O) groups is 3. The molecule has 5 heterocycles. The third-order valence-corrected chi connectivity index (χ3v) is 14.2. The number of allylic oxidation sites excluding steroid dienone is 1. The van der Waals surface area contributed by atoms with Crippen molar-refractivity contribution in [3.63, 3.8) is 0 Å². The Balaban J connectivity index is 1.16. The van der Waals surface area contributed by atoms with Gasteiger partial charge in [0.1, 0.15) is 0 Å². The molecule has 2 atom stereocenters. The van der Waals surface area contributed by atoms with E-state index < -0.39 is 24.3 Å². The molecule has 0 saturated carbocycles. The van der Waals surface area contributed by atoms with Gasteiger partial charge in [0.25, 0.3) is 0 Å². The molecule has 7 aromatic rings. The topological polar surface area (TPSA) is 161 Å². The Morgan fingerprint density at radius 1 is 0.686 bits per heavy atom. The number of hydrogen-bond acceptors (Lipinski definition) is 5. The number of carboxylic acid groups (broad SMARTS) is 2. The summed E-state index contributed by atoms with van der Waals surface area (Å²) in [6, 6.07) is 37.1. The highest BCUT2D eigenvalue weighted by Gasteiger charge is 2.35. The van der Waals surface area contributed by atoms with Crippen molar-refractivity contribution in [1.29, 1.82) is 0 Å². The Bertz CT molecular complexity index is 3470. The Morgan fingerprint density at radius 2 is 1.27 bits per heavy atom. The molecule has 4 aromatic carbocycles. The maximum Gasteiger partial charge on any atom is 0.338 e. The summed E-state index contributed by atoms with van der Waals surface area (Å²) in [6.07, 6.45) is 2.37. The van der Waals surface area contributed by atoms with Crippen LogP contribution in [0, 0.1) is 27.7 Å². The molecule has 10 heteroatoms. The Kier molecular flexibility index (Phi) is 12.8. The molecule has 70 heavy (non-hydrogen) atoms. The fourth-order valence-corrected chi connectivity index (χ4v) is 10.2. The first-order valence-corrected chi connectivity index (χ1v) is 23.9. The molecule has 2 aliphatic rings. The van der Waals surface area contributed by atoms with Crippen molar-refractivity contribution in [1.82, 2.24) is 19.9 Å². The number of aryl methyl sites for hydroxylation is 5. The van der Waals surface area contributed by atoms with Gasteiger partial charge in [-0.3, -0.25) is 14.6 Å². The van der Waals surface area contributed by atoms with Crippen LogP contribution in [0.3, 0.4) is 0 Å². The zero-order valence-electron chi connectivity index (χ0n) is 40.7. The van der Waals surface area contributed by atoms with E-state index in [0.29, 0.717) is 34.8 Å². The van der Waals surface area contributed by atoms with Crippen molar-refractivity contribution in [2.24, 2.45) is 0 Å². The third kappa shape index (κ3) is 9.00. The SMILES string of the molecule is C=Cc1c(C)c2cc3nc(c(CC(=O)O)c4nc(cc5[nH]c(cc1[nH]2)c(C)c5CC)C(C)=C4C(=O)O)[C@@H](CCC(=O)Nc1cc(-c2ccc(C)cc2)ccc1-c1ccc(-c2ccc(C)cc2)cc1)[C@@H]3C.